The lowest BCUT2D eigenvalue weighted by molar-refractivity contribution is -0.121. The summed E-state index contributed by atoms with van der Waals surface area (Å²) in [6.07, 6.45) is 1.89. The minimum absolute atomic E-state index is 0.0678. The number of nitriles is 1. The molecule has 1 N–H and O–H groups in total. The minimum atomic E-state index is -0.618. The Kier molecular flexibility index (Phi) is 5.34. The van der Waals surface area contributed by atoms with Crippen LogP contribution in [-0.2, 0) is 9.59 Å². The average molecular weight is 364 g/mol. The fourth-order valence-electron chi connectivity index (χ4n) is 2.55. The molecule has 130 valence electrons. The summed E-state index contributed by atoms with van der Waals surface area (Å²) < 4.78 is 0. The molecule has 0 bridgehead atoms. The summed E-state index contributed by atoms with van der Waals surface area (Å²) in [4.78, 5) is 30.6. The molecule has 0 aromatic heterocycles. The summed E-state index contributed by atoms with van der Waals surface area (Å²) in [5, 5.41) is 11.1. The van der Waals surface area contributed by atoms with Crippen molar-refractivity contribution in [2.75, 3.05) is 4.90 Å². The highest BCUT2D eigenvalue weighted by Gasteiger charge is 2.40. The number of hydrogen-bond donors (Lipinski definition) is 1. The highest BCUT2D eigenvalue weighted by molar-refractivity contribution is 8.15. The third-order valence-electron chi connectivity index (χ3n) is 3.80. The molecule has 2 aromatic rings. The van der Waals surface area contributed by atoms with Crippen molar-refractivity contribution in [2.24, 2.45) is 4.99 Å². The number of amides is 2. The standard InChI is InChI=1S/C19H16N4O2S/c1-13-7-9-15(10-8-13)23-17(24)11-16(18(23)25)26-19(21-12-20)22-14-5-3-2-4-6-14/h2-10,16H,11H2,1H3,(H,21,22). The number of carbonyl (C=O) groups is 2. The average Bonchev–Trinajstić information content (AvgIpc) is 2.91. The molecular formula is C19H16N4O2S. The van der Waals surface area contributed by atoms with Gasteiger partial charge in [0.1, 0.15) is 5.25 Å². The third-order valence-corrected chi connectivity index (χ3v) is 4.87. The van der Waals surface area contributed by atoms with Gasteiger partial charge >= 0.3 is 0 Å². The number of aryl methyl sites for hydroxylation is 1. The first-order valence-electron chi connectivity index (χ1n) is 7.97. The van der Waals surface area contributed by atoms with Gasteiger partial charge in [0.15, 0.2) is 11.4 Å². The summed E-state index contributed by atoms with van der Waals surface area (Å²) >= 11 is 1.09. The molecule has 26 heavy (non-hydrogen) atoms. The van der Waals surface area contributed by atoms with Gasteiger partial charge in [0, 0.05) is 6.42 Å². The molecule has 0 spiro atoms. The smallest absolute Gasteiger partial charge is 0.247 e. The molecule has 6 nitrogen and oxygen atoms in total. The van der Waals surface area contributed by atoms with Gasteiger partial charge in [-0.1, -0.05) is 47.7 Å². The van der Waals surface area contributed by atoms with Gasteiger partial charge in [-0.05, 0) is 31.2 Å². The van der Waals surface area contributed by atoms with E-state index in [-0.39, 0.29) is 23.4 Å². The summed E-state index contributed by atoms with van der Waals surface area (Å²) in [7, 11) is 0. The summed E-state index contributed by atoms with van der Waals surface area (Å²) in [6, 6.07) is 16.3. The van der Waals surface area contributed by atoms with Crippen LogP contribution in [0.4, 0.5) is 11.4 Å². The molecule has 0 saturated carbocycles. The van der Waals surface area contributed by atoms with Gasteiger partial charge in [0.2, 0.25) is 11.8 Å². The van der Waals surface area contributed by atoms with Crippen molar-refractivity contribution in [3.05, 3.63) is 60.2 Å². The molecule has 3 rings (SSSR count). The second-order valence-corrected chi connectivity index (χ2v) is 6.89. The normalized spacial score (nSPS) is 17.3. The molecule has 1 aliphatic rings. The minimum Gasteiger partial charge on any atom is -0.274 e. The van der Waals surface area contributed by atoms with Crippen LogP contribution >= 0.6 is 11.8 Å². The number of benzene rings is 2. The van der Waals surface area contributed by atoms with Crippen LogP contribution in [-0.4, -0.2) is 22.2 Å². The summed E-state index contributed by atoms with van der Waals surface area (Å²) in [5.74, 6) is -0.559. The van der Waals surface area contributed by atoms with Crippen LogP contribution in [0.5, 0.6) is 0 Å². The van der Waals surface area contributed by atoms with Gasteiger partial charge in [0.05, 0.1) is 11.4 Å². The number of anilines is 1. The Morgan fingerprint density at radius 2 is 1.88 bits per heavy atom. The van der Waals surface area contributed by atoms with Crippen LogP contribution in [0.3, 0.4) is 0 Å². The molecule has 1 unspecified atom stereocenters. The van der Waals surface area contributed by atoms with E-state index in [0.717, 1.165) is 17.3 Å². The maximum Gasteiger partial charge on any atom is 0.247 e. The SMILES string of the molecule is Cc1ccc(N2C(=O)CC(SC(=Nc3ccccc3)NC#N)C2=O)cc1. The lowest BCUT2D eigenvalue weighted by Gasteiger charge is -2.15. The number of amidine groups is 1. The highest BCUT2D eigenvalue weighted by Crippen LogP contribution is 2.30. The Balaban J connectivity index is 1.80. The molecule has 1 heterocycles. The Morgan fingerprint density at radius 1 is 1.19 bits per heavy atom. The van der Waals surface area contributed by atoms with Crippen LogP contribution < -0.4 is 10.2 Å². The van der Waals surface area contributed by atoms with Crippen LogP contribution in [0, 0.1) is 18.4 Å². The Hall–Kier alpha value is -3.11. The van der Waals surface area contributed by atoms with E-state index in [4.69, 9.17) is 5.26 Å². The van der Waals surface area contributed by atoms with E-state index >= 15 is 0 Å². The molecule has 1 aliphatic heterocycles. The molecule has 1 atom stereocenters. The predicted octanol–water partition coefficient (Wildman–Crippen LogP) is 3.12. The second-order valence-electron chi connectivity index (χ2n) is 5.70. The Bertz CT molecular complexity index is 888. The first kappa shape index (κ1) is 17.7. The number of hydrogen-bond acceptors (Lipinski definition) is 5. The van der Waals surface area contributed by atoms with Crippen molar-refractivity contribution in [2.45, 2.75) is 18.6 Å². The number of nitrogens with one attached hydrogen (secondary N) is 1. The van der Waals surface area contributed by atoms with Gasteiger partial charge in [-0.2, -0.15) is 5.26 Å². The maximum atomic E-state index is 12.7. The molecule has 0 aliphatic carbocycles. The molecule has 2 amide bonds. The highest BCUT2D eigenvalue weighted by atomic mass is 32.2. The molecule has 7 heteroatoms. The largest absolute Gasteiger partial charge is 0.274 e. The predicted molar refractivity (Wildman–Crippen MR) is 102 cm³/mol. The molecule has 0 radical (unpaired) electrons. The van der Waals surface area contributed by atoms with Crippen LogP contribution in [0.1, 0.15) is 12.0 Å². The molecule has 1 fully saturated rings. The van der Waals surface area contributed by atoms with Gasteiger partial charge < -0.3 is 0 Å². The molecular weight excluding hydrogens is 348 g/mol. The summed E-state index contributed by atoms with van der Waals surface area (Å²) in [6.45, 7) is 1.94. The molecule has 1 saturated heterocycles. The number of imide groups is 1. The zero-order valence-corrected chi connectivity index (χ0v) is 14.9. The van der Waals surface area contributed by atoms with Crippen LogP contribution in [0.2, 0.25) is 0 Å². The lowest BCUT2D eigenvalue weighted by atomic mass is 10.2. The van der Waals surface area contributed by atoms with E-state index in [1.165, 1.54) is 4.90 Å². The van der Waals surface area contributed by atoms with Gasteiger partial charge in [-0.15, -0.1) is 0 Å². The second kappa shape index (κ2) is 7.85. The summed E-state index contributed by atoms with van der Waals surface area (Å²) in [5.41, 5.74) is 2.27. The van der Waals surface area contributed by atoms with Crippen molar-refractivity contribution in [3.63, 3.8) is 0 Å². The van der Waals surface area contributed by atoms with Crippen LogP contribution in [0.15, 0.2) is 59.6 Å². The number of aliphatic imine (C=N–C) groups is 1. The zero-order valence-electron chi connectivity index (χ0n) is 14.0. The third kappa shape index (κ3) is 3.92. The van der Waals surface area contributed by atoms with E-state index in [9.17, 15) is 9.59 Å². The number of thioether (sulfide) groups is 1. The first-order valence-corrected chi connectivity index (χ1v) is 8.85. The van der Waals surface area contributed by atoms with Crippen molar-refractivity contribution < 1.29 is 9.59 Å². The quantitative estimate of drug-likeness (QED) is 0.297. The zero-order chi connectivity index (χ0) is 18.5. The van der Waals surface area contributed by atoms with E-state index in [1.807, 2.05) is 43.4 Å². The monoisotopic (exact) mass is 364 g/mol. The maximum absolute atomic E-state index is 12.7. The number of para-hydroxylation sites is 1. The number of carbonyl (C=O) groups excluding carboxylic acids is 2. The van der Waals surface area contributed by atoms with Gasteiger partial charge in [-0.3, -0.25) is 14.9 Å². The van der Waals surface area contributed by atoms with E-state index in [2.05, 4.69) is 10.3 Å². The van der Waals surface area contributed by atoms with E-state index in [0.29, 0.717) is 11.4 Å². The fourth-order valence-corrected chi connectivity index (χ4v) is 3.51. The topological polar surface area (TPSA) is 85.6 Å². The number of nitrogens with zero attached hydrogens (tertiary/aromatic N) is 3. The Labute approximate surface area is 155 Å². The first-order chi connectivity index (χ1) is 12.6. The van der Waals surface area contributed by atoms with Crippen LogP contribution in [0.25, 0.3) is 0 Å². The molecule has 2 aromatic carbocycles. The van der Waals surface area contributed by atoms with Gasteiger partial charge in [-0.25, -0.2) is 9.89 Å². The lowest BCUT2D eigenvalue weighted by Crippen LogP contribution is -2.32. The van der Waals surface area contributed by atoms with E-state index < -0.39 is 5.25 Å². The van der Waals surface area contributed by atoms with Crippen molar-refractivity contribution in [1.82, 2.24) is 5.32 Å². The van der Waals surface area contributed by atoms with Crippen molar-refractivity contribution in [1.29, 1.82) is 5.26 Å². The Morgan fingerprint density at radius 3 is 2.54 bits per heavy atom. The number of rotatable bonds is 3. The fraction of sp³-hybridized carbons (Fsp3) is 0.158. The van der Waals surface area contributed by atoms with E-state index in [1.54, 1.807) is 24.3 Å². The van der Waals surface area contributed by atoms with Crippen molar-refractivity contribution >= 4 is 40.1 Å². The van der Waals surface area contributed by atoms with Gasteiger partial charge in [0.25, 0.3) is 0 Å². The van der Waals surface area contributed by atoms with Crippen molar-refractivity contribution in [3.8, 4) is 6.19 Å².